The van der Waals surface area contributed by atoms with Crippen molar-refractivity contribution in [1.82, 2.24) is 4.98 Å². The Bertz CT molecular complexity index is 544. The van der Waals surface area contributed by atoms with E-state index < -0.39 is 0 Å². The molecule has 0 fully saturated rings. The Morgan fingerprint density at radius 2 is 2.22 bits per heavy atom. The molecule has 0 radical (unpaired) electrons. The SMILES string of the molecule is CC(N)CCCC(=O)c1cccc2cnccc12. The number of carbonyl (C=O) groups excluding carboxylic acids is 1. The smallest absolute Gasteiger partial charge is 0.163 e. The average Bonchev–Trinajstić information content (AvgIpc) is 2.37. The first-order valence-corrected chi connectivity index (χ1v) is 6.30. The van der Waals surface area contributed by atoms with Crippen molar-refractivity contribution in [2.45, 2.75) is 32.2 Å². The average molecular weight is 242 g/mol. The van der Waals surface area contributed by atoms with Crippen LogP contribution in [0.3, 0.4) is 0 Å². The van der Waals surface area contributed by atoms with E-state index in [9.17, 15) is 4.79 Å². The molecule has 0 spiro atoms. The van der Waals surface area contributed by atoms with Crippen molar-refractivity contribution in [1.29, 1.82) is 0 Å². The fourth-order valence-electron chi connectivity index (χ4n) is 2.08. The summed E-state index contributed by atoms with van der Waals surface area (Å²) in [5.74, 6) is 0.187. The lowest BCUT2D eigenvalue weighted by Gasteiger charge is -2.06. The molecule has 1 unspecified atom stereocenters. The number of nitrogens with two attached hydrogens (primary N) is 1. The van der Waals surface area contributed by atoms with Gasteiger partial charge in [-0.2, -0.15) is 0 Å². The molecule has 1 aromatic heterocycles. The van der Waals surface area contributed by atoms with Gasteiger partial charge in [-0.15, -0.1) is 0 Å². The molecule has 0 amide bonds. The summed E-state index contributed by atoms with van der Waals surface area (Å²) in [6, 6.07) is 7.82. The van der Waals surface area contributed by atoms with Crippen molar-refractivity contribution >= 4 is 16.6 Å². The molecule has 94 valence electrons. The van der Waals surface area contributed by atoms with E-state index in [1.165, 1.54) is 0 Å². The van der Waals surface area contributed by atoms with E-state index in [1.54, 1.807) is 12.4 Å². The Morgan fingerprint density at radius 1 is 1.39 bits per heavy atom. The number of rotatable bonds is 5. The summed E-state index contributed by atoms with van der Waals surface area (Å²) >= 11 is 0. The number of carbonyl (C=O) groups is 1. The minimum atomic E-state index is 0.162. The molecule has 1 aromatic carbocycles. The topological polar surface area (TPSA) is 56.0 Å². The molecule has 2 rings (SSSR count). The predicted octanol–water partition coefficient (Wildman–Crippen LogP) is 2.94. The Labute approximate surface area is 107 Å². The number of ketones is 1. The molecule has 3 heteroatoms. The number of fused-ring (bicyclic) bond motifs is 1. The number of hydrogen-bond acceptors (Lipinski definition) is 3. The molecule has 18 heavy (non-hydrogen) atoms. The van der Waals surface area contributed by atoms with E-state index in [-0.39, 0.29) is 11.8 Å². The van der Waals surface area contributed by atoms with Gasteiger partial charge in [0, 0.05) is 35.8 Å². The highest BCUT2D eigenvalue weighted by Crippen LogP contribution is 2.19. The normalized spacial score (nSPS) is 12.6. The third-order valence-corrected chi connectivity index (χ3v) is 3.04. The number of Topliss-reactive ketones (excluding diaryl/α,β-unsaturated/α-hetero) is 1. The van der Waals surface area contributed by atoms with Crippen LogP contribution >= 0.6 is 0 Å². The monoisotopic (exact) mass is 242 g/mol. The van der Waals surface area contributed by atoms with Crippen molar-refractivity contribution in [3.63, 3.8) is 0 Å². The molecule has 0 bridgehead atoms. The van der Waals surface area contributed by atoms with Crippen LogP contribution < -0.4 is 5.73 Å². The summed E-state index contributed by atoms with van der Waals surface area (Å²) in [5.41, 5.74) is 6.48. The first-order chi connectivity index (χ1) is 8.68. The van der Waals surface area contributed by atoms with Gasteiger partial charge in [-0.05, 0) is 31.2 Å². The zero-order valence-electron chi connectivity index (χ0n) is 10.6. The molecule has 2 aromatic rings. The van der Waals surface area contributed by atoms with Crippen LogP contribution in [0.4, 0.5) is 0 Å². The zero-order valence-corrected chi connectivity index (χ0v) is 10.6. The quantitative estimate of drug-likeness (QED) is 0.820. The van der Waals surface area contributed by atoms with Crippen molar-refractivity contribution < 1.29 is 4.79 Å². The highest BCUT2D eigenvalue weighted by Gasteiger charge is 2.09. The maximum Gasteiger partial charge on any atom is 0.163 e. The highest BCUT2D eigenvalue weighted by atomic mass is 16.1. The molecular weight excluding hydrogens is 224 g/mol. The second-order valence-electron chi connectivity index (χ2n) is 4.70. The Balaban J connectivity index is 2.17. The van der Waals surface area contributed by atoms with E-state index in [1.807, 2.05) is 31.2 Å². The summed E-state index contributed by atoms with van der Waals surface area (Å²) in [6.45, 7) is 1.97. The first kappa shape index (κ1) is 12.7. The second kappa shape index (κ2) is 5.74. The van der Waals surface area contributed by atoms with Gasteiger partial charge in [0.2, 0.25) is 0 Å². The molecular formula is C15H18N2O. The van der Waals surface area contributed by atoms with Gasteiger partial charge in [0.15, 0.2) is 5.78 Å². The van der Waals surface area contributed by atoms with Gasteiger partial charge in [0.1, 0.15) is 0 Å². The zero-order chi connectivity index (χ0) is 13.0. The molecule has 0 aliphatic carbocycles. The van der Waals surface area contributed by atoms with Crippen molar-refractivity contribution in [3.8, 4) is 0 Å². The molecule has 3 nitrogen and oxygen atoms in total. The van der Waals surface area contributed by atoms with Crippen LogP contribution in [0.2, 0.25) is 0 Å². The lowest BCUT2D eigenvalue weighted by atomic mass is 9.99. The molecule has 0 aliphatic heterocycles. The highest BCUT2D eigenvalue weighted by molar-refractivity contribution is 6.07. The largest absolute Gasteiger partial charge is 0.328 e. The number of hydrogen-bond donors (Lipinski definition) is 1. The number of pyridine rings is 1. The maximum absolute atomic E-state index is 12.2. The fraction of sp³-hybridized carbons (Fsp3) is 0.333. The Morgan fingerprint density at radius 3 is 3.00 bits per heavy atom. The van der Waals surface area contributed by atoms with Gasteiger partial charge >= 0.3 is 0 Å². The number of aromatic nitrogens is 1. The molecule has 0 saturated carbocycles. The van der Waals surface area contributed by atoms with E-state index >= 15 is 0 Å². The summed E-state index contributed by atoms with van der Waals surface area (Å²) in [7, 11) is 0. The molecule has 0 saturated heterocycles. The van der Waals surface area contributed by atoms with Gasteiger partial charge in [-0.3, -0.25) is 9.78 Å². The fourth-order valence-corrected chi connectivity index (χ4v) is 2.08. The van der Waals surface area contributed by atoms with Crippen molar-refractivity contribution in [2.24, 2.45) is 5.73 Å². The summed E-state index contributed by atoms with van der Waals surface area (Å²) in [6.07, 6.45) is 5.80. The minimum absolute atomic E-state index is 0.162. The van der Waals surface area contributed by atoms with Crippen molar-refractivity contribution in [3.05, 3.63) is 42.2 Å². The van der Waals surface area contributed by atoms with Crippen molar-refractivity contribution in [2.75, 3.05) is 0 Å². The number of benzene rings is 1. The van der Waals surface area contributed by atoms with Crippen LogP contribution in [0.1, 0.15) is 36.5 Å². The lowest BCUT2D eigenvalue weighted by molar-refractivity contribution is 0.0980. The standard InChI is InChI=1S/C15H18N2O/c1-11(16)4-2-7-15(18)14-6-3-5-12-10-17-9-8-13(12)14/h3,5-6,8-11H,2,4,7,16H2,1H3. The number of nitrogens with zero attached hydrogens (tertiary/aromatic N) is 1. The molecule has 1 atom stereocenters. The summed E-state index contributed by atoms with van der Waals surface area (Å²) < 4.78 is 0. The van der Waals surface area contributed by atoms with Crippen LogP contribution in [0, 0.1) is 0 Å². The Hall–Kier alpha value is -1.74. The summed E-state index contributed by atoms with van der Waals surface area (Å²) in [4.78, 5) is 16.2. The van der Waals surface area contributed by atoms with Gasteiger partial charge in [-0.25, -0.2) is 0 Å². The van der Waals surface area contributed by atoms with Crippen LogP contribution in [-0.4, -0.2) is 16.8 Å². The molecule has 0 aliphatic rings. The van der Waals surface area contributed by atoms with Gasteiger partial charge < -0.3 is 5.73 Å². The summed E-state index contributed by atoms with van der Waals surface area (Å²) in [5, 5.41) is 1.99. The van der Waals surface area contributed by atoms with Crippen LogP contribution in [0.15, 0.2) is 36.7 Å². The van der Waals surface area contributed by atoms with Gasteiger partial charge in [-0.1, -0.05) is 18.2 Å². The lowest BCUT2D eigenvalue weighted by Crippen LogP contribution is -2.14. The first-order valence-electron chi connectivity index (χ1n) is 6.30. The minimum Gasteiger partial charge on any atom is -0.328 e. The Kier molecular flexibility index (Phi) is 4.05. The molecule has 1 heterocycles. The van der Waals surface area contributed by atoms with Gasteiger partial charge in [0.05, 0.1) is 0 Å². The third kappa shape index (κ3) is 2.93. The second-order valence-corrected chi connectivity index (χ2v) is 4.70. The van der Waals surface area contributed by atoms with Crippen LogP contribution in [0.5, 0.6) is 0 Å². The van der Waals surface area contributed by atoms with Crippen LogP contribution in [-0.2, 0) is 0 Å². The van der Waals surface area contributed by atoms with Gasteiger partial charge in [0.25, 0.3) is 0 Å². The maximum atomic E-state index is 12.2. The van der Waals surface area contributed by atoms with E-state index in [2.05, 4.69) is 4.98 Å². The predicted molar refractivity (Wildman–Crippen MR) is 73.6 cm³/mol. The van der Waals surface area contributed by atoms with E-state index in [4.69, 9.17) is 5.73 Å². The van der Waals surface area contributed by atoms with E-state index in [0.717, 1.165) is 29.2 Å². The van der Waals surface area contributed by atoms with Crippen LogP contribution in [0.25, 0.3) is 10.8 Å². The van der Waals surface area contributed by atoms with E-state index in [0.29, 0.717) is 6.42 Å². The molecule has 2 N–H and O–H groups in total. The third-order valence-electron chi connectivity index (χ3n) is 3.04.